The number of rotatable bonds is 8. The van der Waals surface area contributed by atoms with E-state index in [1.54, 1.807) is 12.3 Å². The van der Waals surface area contributed by atoms with Gasteiger partial charge in [-0.25, -0.2) is 0 Å². The molecule has 1 aliphatic rings. The van der Waals surface area contributed by atoms with E-state index >= 15 is 0 Å². The Labute approximate surface area is 166 Å². The lowest BCUT2D eigenvalue weighted by Crippen LogP contribution is -2.40. The van der Waals surface area contributed by atoms with Gasteiger partial charge in [-0.3, -0.25) is 14.3 Å². The Morgan fingerprint density at radius 1 is 1.11 bits per heavy atom. The minimum atomic E-state index is -0.0737. The topological polar surface area (TPSA) is 76.0 Å². The second-order valence-corrected chi connectivity index (χ2v) is 7.21. The fourth-order valence-corrected chi connectivity index (χ4v) is 3.51. The Morgan fingerprint density at radius 2 is 1.89 bits per heavy atom. The maximum Gasteiger partial charge on any atom is 0.244 e. The van der Waals surface area contributed by atoms with Crippen LogP contribution in [0.15, 0.2) is 54.9 Å². The Hall–Kier alpha value is -2.89. The van der Waals surface area contributed by atoms with E-state index in [9.17, 15) is 9.59 Å². The summed E-state index contributed by atoms with van der Waals surface area (Å²) in [6.45, 7) is 1.47. The van der Waals surface area contributed by atoms with E-state index in [0.717, 1.165) is 44.2 Å². The standard InChI is InChI=1S/C22H28N4O2/c27-21(13-8-18-6-2-1-3-7-18)25-20-11-9-19(10-12-20)22(28)23-14-4-16-26-17-5-15-24-26/h1-3,5-8,13,15,17,19-20H,4,9-12,14,16H2,(H,23,28)(H,25,27)/b13-8+. The minimum Gasteiger partial charge on any atom is -0.356 e. The molecule has 0 atom stereocenters. The Morgan fingerprint density at radius 3 is 2.61 bits per heavy atom. The second kappa shape index (κ2) is 10.4. The summed E-state index contributed by atoms with van der Waals surface area (Å²) in [5, 5.41) is 10.2. The van der Waals surface area contributed by atoms with E-state index in [4.69, 9.17) is 0 Å². The molecule has 0 aliphatic heterocycles. The van der Waals surface area contributed by atoms with E-state index in [2.05, 4.69) is 15.7 Å². The second-order valence-electron chi connectivity index (χ2n) is 7.21. The lowest BCUT2D eigenvalue weighted by Gasteiger charge is -2.28. The number of benzene rings is 1. The van der Waals surface area contributed by atoms with Gasteiger partial charge in [-0.2, -0.15) is 5.10 Å². The van der Waals surface area contributed by atoms with E-state index in [1.165, 1.54) is 0 Å². The molecule has 2 N–H and O–H groups in total. The third-order valence-electron chi connectivity index (χ3n) is 5.09. The number of aromatic nitrogens is 2. The van der Waals surface area contributed by atoms with Gasteiger partial charge in [0.15, 0.2) is 0 Å². The first-order chi connectivity index (χ1) is 13.7. The molecule has 1 aromatic heterocycles. The zero-order chi connectivity index (χ0) is 19.6. The minimum absolute atomic E-state index is 0.0534. The van der Waals surface area contributed by atoms with Gasteiger partial charge < -0.3 is 10.6 Å². The zero-order valence-corrected chi connectivity index (χ0v) is 16.1. The molecule has 1 fully saturated rings. The summed E-state index contributed by atoms with van der Waals surface area (Å²) in [7, 11) is 0. The summed E-state index contributed by atoms with van der Waals surface area (Å²) in [5.41, 5.74) is 1.01. The highest BCUT2D eigenvalue weighted by molar-refractivity contribution is 5.91. The lowest BCUT2D eigenvalue weighted by molar-refractivity contribution is -0.126. The smallest absolute Gasteiger partial charge is 0.244 e. The van der Waals surface area contributed by atoms with Crippen LogP contribution in [0.5, 0.6) is 0 Å². The number of carbonyl (C=O) groups is 2. The number of hydrogen-bond donors (Lipinski definition) is 2. The number of nitrogens with zero attached hydrogens (tertiary/aromatic N) is 2. The number of amides is 2. The molecule has 0 radical (unpaired) electrons. The van der Waals surface area contributed by atoms with E-state index in [0.29, 0.717) is 6.54 Å². The average molecular weight is 380 g/mol. The lowest BCUT2D eigenvalue weighted by atomic mass is 9.85. The Balaban J connectivity index is 1.31. The first kappa shape index (κ1) is 19.9. The van der Waals surface area contributed by atoms with Crippen LogP contribution in [-0.2, 0) is 16.1 Å². The van der Waals surface area contributed by atoms with Gasteiger partial charge in [0.25, 0.3) is 0 Å². The van der Waals surface area contributed by atoms with Crippen molar-refractivity contribution < 1.29 is 9.59 Å². The first-order valence-electron chi connectivity index (χ1n) is 9.99. The van der Waals surface area contributed by atoms with Crippen LogP contribution < -0.4 is 10.6 Å². The molecule has 0 bridgehead atoms. The van der Waals surface area contributed by atoms with E-state index in [1.807, 2.05) is 53.4 Å². The van der Waals surface area contributed by atoms with Crippen molar-refractivity contribution in [2.45, 2.75) is 44.7 Å². The zero-order valence-electron chi connectivity index (χ0n) is 16.1. The third kappa shape index (κ3) is 6.37. The van der Waals surface area contributed by atoms with Gasteiger partial charge in [-0.05, 0) is 49.8 Å². The predicted molar refractivity (Wildman–Crippen MR) is 109 cm³/mol. The number of nitrogens with one attached hydrogen (secondary N) is 2. The van der Waals surface area contributed by atoms with Gasteiger partial charge in [0.05, 0.1) is 0 Å². The molecule has 2 amide bonds. The fourth-order valence-electron chi connectivity index (χ4n) is 3.51. The van der Waals surface area contributed by atoms with Crippen molar-refractivity contribution in [1.29, 1.82) is 0 Å². The van der Waals surface area contributed by atoms with Gasteiger partial charge in [-0.15, -0.1) is 0 Å². The van der Waals surface area contributed by atoms with Crippen molar-refractivity contribution in [3.05, 3.63) is 60.4 Å². The maximum atomic E-state index is 12.3. The molecule has 6 nitrogen and oxygen atoms in total. The van der Waals surface area contributed by atoms with Crippen LogP contribution in [-0.4, -0.2) is 34.2 Å². The molecule has 1 aromatic carbocycles. The van der Waals surface area contributed by atoms with Crippen molar-refractivity contribution in [1.82, 2.24) is 20.4 Å². The normalized spacial score (nSPS) is 19.4. The Bertz CT molecular complexity index is 763. The summed E-state index contributed by atoms with van der Waals surface area (Å²) in [6, 6.07) is 11.8. The highest BCUT2D eigenvalue weighted by Crippen LogP contribution is 2.24. The van der Waals surface area contributed by atoms with Crippen LogP contribution >= 0.6 is 0 Å². The number of aryl methyl sites for hydroxylation is 1. The third-order valence-corrected chi connectivity index (χ3v) is 5.09. The van der Waals surface area contributed by atoms with Crippen molar-refractivity contribution in [3.8, 4) is 0 Å². The van der Waals surface area contributed by atoms with Crippen molar-refractivity contribution in [2.75, 3.05) is 6.54 Å². The van der Waals surface area contributed by atoms with E-state index in [-0.39, 0.29) is 23.8 Å². The molecule has 1 aliphatic carbocycles. The number of carbonyl (C=O) groups excluding carboxylic acids is 2. The molecule has 1 saturated carbocycles. The summed E-state index contributed by atoms with van der Waals surface area (Å²) < 4.78 is 1.87. The fraction of sp³-hybridized carbons (Fsp3) is 0.409. The highest BCUT2D eigenvalue weighted by Gasteiger charge is 2.26. The molecular weight excluding hydrogens is 352 g/mol. The predicted octanol–water partition coefficient (Wildman–Crippen LogP) is 2.78. The molecule has 6 heteroatoms. The van der Waals surface area contributed by atoms with Crippen LogP contribution in [0, 0.1) is 5.92 Å². The monoisotopic (exact) mass is 380 g/mol. The SMILES string of the molecule is O=C(/C=C/c1ccccc1)NC1CCC(C(=O)NCCCn2cccn2)CC1. The quantitative estimate of drug-likeness (QED) is 0.546. The summed E-state index contributed by atoms with van der Waals surface area (Å²) in [6.07, 6.45) is 11.3. The first-order valence-corrected chi connectivity index (χ1v) is 9.99. The van der Waals surface area contributed by atoms with Crippen LogP contribution in [0.1, 0.15) is 37.7 Å². The van der Waals surface area contributed by atoms with Crippen molar-refractivity contribution in [2.24, 2.45) is 5.92 Å². The van der Waals surface area contributed by atoms with Crippen LogP contribution in [0.25, 0.3) is 6.08 Å². The molecule has 0 unspecified atom stereocenters. The number of hydrogen-bond acceptors (Lipinski definition) is 3. The van der Waals surface area contributed by atoms with Crippen LogP contribution in [0.4, 0.5) is 0 Å². The molecule has 148 valence electrons. The summed E-state index contributed by atoms with van der Waals surface area (Å²) in [5.74, 6) is 0.113. The molecule has 0 spiro atoms. The van der Waals surface area contributed by atoms with Gasteiger partial charge >= 0.3 is 0 Å². The maximum absolute atomic E-state index is 12.3. The molecule has 3 rings (SSSR count). The van der Waals surface area contributed by atoms with Crippen molar-refractivity contribution >= 4 is 17.9 Å². The van der Waals surface area contributed by atoms with Crippen LogP contribution in [0.2, 0.25) is 0 Å². The van der Waals surface area contributed by atoms with Crippen LogP contribution in [0.3, 0.4) is 0 Å². The summed E-state index contributed by atoms with van der Waals surface area (Å²) >= 11 is 0. The molecule has 0 saturated heterocycles. The molecule has 1 heterocycles. The molecule has 28 heavy (non-hydrogen) atoms. The summed E-state index contributed by atoms with van der Waals surface area (Å²) in [4.78, 5) is 24.4. The molecule has 2 aromatic rings. The van der Waals surface area contributed by atoms with Gasteiger partial charge in [0.2, 0.25) is 11.8 Å². The van der Waals surface area contributed by atoms with Gasteiger partial charge in [0, 0.05) is 43.5 Å². The Kier molecular flexibility index (Phi) is 7.41. The van der Waals surface area contributed by atoms with Gasteiger partial charge in [-0.1, -0.05) is 30.3 Å². The van der Waals surface area contributed by atoms with Crippen molar-refractivity contribution in [3.63, 3.8) is 0 Å². The highest BCUT2D eigenvalue weighted by atomic mass is 16.2. The van der Waals surface area contributed by atoms with Gasteiger partial charge in [0.1, 0.15) is 0 Å². The average Bonchev–Trinajstić information content (AvgIpc) is 3.24. The largest absolute Gasteiger partial charge is 0.356 e. The van der Waals surface area contributed by atoms with E-state index < -0.39 is 0 Å². The molecular formula is C22H28N4O2.